The van der Waals surface area contributed by atoms with Gasteiger partial charge in [0, 0.05) is 64.0 Å². The smallest absolute Gasteiger partial charge is 0.160 e. The second-order valence-electron chi connectivity index (χ2n) is 25.3. The van der Waals surface area contributed by atoms with E-state index in [1.54, 1.807) is 0 Å². The maximum Gasteiger partial charge on any atom is 0.160 e. The highest BCUT2D eigenvalue weighted by atomic mass is 32.2. The van der Waals surface area contributed by atoms with Crippen molar-refractivity contribution < 1.29 is 60.5 Å². The molecule has 73 heavy (non-hydrogen) atoms. The van der Waals surface area contributed by atoms with Gasteiger partial charge < -0.3 is 52.1 Å². The minimum Gasteiger partial charge on any atom is -0.381 e. The van der Waals surface area contributed by atoms with E-state index in [4.69, 9.17) is 52.1 Å². The quantitative estimate of drug-likeness (QED) is 0.247. The largest absolute Gasteiger partial charge is 0.381 e. The lowest BCUT2D eigenvalue weighted by Gasteiger charge is -2.30. The molecule has 0 amide bonds. The van der Waals surface area contributed by atoms with Gasteiger partial charge in [0.2, 0.25) is 0 Å². The predicted octanol–water partition coefficient (Wildman–Crippen LogP) is 10.9. The summed E-state index contributed by atoms with van der Waals surface area (Å²) in [5, 5.41) is 0. The molecule has 14 fully saturated rings. The zero-order valence-electron chi connectivity index (χ0n) is 47.2. The summed E-state index contributed by atoms with van der Waals surface area (Å²) in [6.45, 7) is 29.3. The lowest BCUT2D eigenvalue weighted by molar-refractivity contribution is -0.163. The van der Waals surface area contributed by atoms with E-state index in [9.17, 15) is 8.42 Å². The lowest BCUT2D eigenvalue weighted by Crippen LogP contribution is -2.34. The number of hydrogen-bond donors (Lipinski definition) is 0. The van der Waals surface area contributed by atoms with Gasteiger partial charge in [-0.2, -0.15) is 0 Å². The van der Waals surface area contributed by atoms with Gasteiger partial charge in [0.25, 0.3) is 0 Å². The van der Waals surface area contributed by atoms with Gasteiger partial charge in [-0.05, 0) is 168 Å². The summed E-state index contributed by atoms with van der Waals surface area (Å²) in [6.07, 6.45) is 23.8. The van der Waals surface area contributed by atoms with Crippen LogP contribution in [0, 0.1) is 76.9 Å². The number of sulfone groups is 1. The SMILES string of the molecule is C[C@@H]1C[C@@H]2CCO[C@@H]2C1.C[C@H]1CC2CCOC2C1.C[C@H]1CCOC1.C[C@H]1CCO[C@@H]([C@@H]2CCCO2)C1.C[C@H]1CCO[C@H]2OCCC21.C[C@H]1CCS(=O)(=O)C1.C[C@H]1CO[C@@H]2OCCC[C@@H]21.C[C@H]1CO[C@H]2OCCC21. The highest BCUT2D eigenvalue weighted by Crippen LogP contribution is 2.41. The van der Waals surface area contributed by atoms with Gasteiger partial charge >= 0.3 is 0 Å². The van der Waals surface area contributed by atoms with Crippen LogP contribution in [0.4, 0.5) is 0 Å². The molecule has 14 aliphatic rings. The normalized spacial score (nSPS) is 45.1. The van der Waals surface area contributed by atoms with Crippen LogP contribution in [0.25, 0.3) is 0 Å². The highest BCUT2D eigenvalue weighted by molar-refractivity contribution is 7.91. The van der Waals surface area contributed by atoms with Crippen molar-refractivity contribution in [2.45, 2.75) is 208 Å². The summed E-state index contributed by atoms with van der Waals surface area (Å²) in [5.41, 5.74) is 0. The van der Waals surface area contributed by atoms with E-state index in [1.807, 2.05) is 6.92 Å². The van der Waals surface area contributed by atoms with Crippen LogP contribution in [0.15, 0.2) is 0 Å². The Morgan fingerprint density at radius 2 is 0.795 bits per heavy atom. The van der Waals surface area contributed by atoms with E-state index in [-0.39, 0.29) is 18.9 Å². The third-order valence-corrected chi connectivity index (χ3v) is 20.5. The molecule has 14 rings (SSSR count). The Morgan fingerprint density at radius 1 is 0.329 bits per heavy atom. The van der Waals surface area contributed by atoms with Gasteiger partial charge in [-0.3, -0.25) is 0 Å². The Hall–Kier alpha value is -0.490. The van der Waals surface area contributed by atoms with E-state index in [2.05, 4.69) is 48.5 Å². The van der Waals surface area contributed by atoms with Gasteiger partial charge in [-0.25, -0.2) is 8.42 Å². The fourth-order valence-corrected chi connectivity index (χ4v) is 15.7. The number of ether oxygens (including phenoxy) is 11. The molecule has 14 heteroatoms. The zero-order chi connectivity index (χ0) is 51.7. The molecule has 20 atom stereocenters. The number of rotatable bonds is 1. The van der Waals surface area contributed by atoms with Crippen LogP contribution in [-0.2, 0) is 61.9 Å². The van der Waals surface area contributed by atoms with E-state index in [0.717, 1.165) is 133 Å². The van der Waals surface area contributed by atoms with Gasteiger partial charge in [0.1, 0.15) is 0 Å². The Labute approximate surface area is 444 Å². The molecule has 2 aliphatic carbocycles. The van der Waals surface area contributed by atoms with E-state index < -0.39 is 9.84 Å². The van der Waals surface area contributed by atoms with Crippen molar-refractivity contribution in [1.29, 1.82) is 0 Å². The fourth-order valence-electron chi connectivity index (χ4n) is 13.7. The van der Waals surface area contributed by atoms with Crippen LogP contribution in [0.3, 0.4) is 0 Å². The van der Waals surface area contributed by atoms with Gasteiger partial charge in [-0.1, -0.05) is 55.4 Å². The summed E-state index contributed by atoms with van der Waals surface area (Å²) in [6, 6.07) is 0. The van der Waals surface area contributed by atoms with Crippen LogP contribution < -0.4 is 0 Å². The first-order valence-electron chi connectivity index (χ1n) is 30.1. The molecule has 0 aromatic rings. The Balaban J connectivity index is 0.000000123. The molecule has 2 saturated carbocycles. The topological polar surface area (TPSA) is 136 Å². The molecule has 4 unspecified atom stereocenters. The molecule has 13 nitrogen and oxygen atoms in total. The Bertz CT molecular complexity index is 1570. The van der Waals surface area contributed by atoms with Crippen molar-refractivity contribution in [2.75, 3.05) is 90.8 Å². The van der Waals surface area contributed by atoms with Gasteiger partial charge in [0.05, 0.1) is 69.0 Å². The van der Waals surface area contributed by atoms with E-state index in [1.165, 1.54) is 103 Å². The maximum atomic E-state index is 10.6. The Kier molecular flexibility index (Phi) is 25.3. The summed E-state index contributed by atoms with van der Waals surface area (Å²) in [7, 11) is -2.60. The van der Waals surface area contributed by atoms with Crippen molar-refractivity contribution in [2.24, 2.45) is 76.9 Å². The molecule has 12 aliphatic heterocycles. The first-order valence-corrected chi connectivity index (χ1v) is 32.0. The van der Waals surface area contributed by atoms with Crippen molar-refractivity contribution in [3.63, 3.8) is 0 Å². The van der Waals surface area contributed by atoms with Crippen molar-refractivity contribution in [3.05, 3.63) is 0 Å². The fraction of sp³-hybridized carbons (Fsp3) is 1.00. The average Bonchev–Trinajstić information content (AvgIpc) is 4.20. The molecular weight excluding hydrogens is 949 g/mol. The molecule has 0 bridgehead atoms. The molecule has 0 aromatic heterocycles. The molecule has 12 heterocycles. The number of fused-ring (bicyclic) bond motifs is 5. The molecular formula is C59H106O13S. The van der Waals surface area contributed by atoms with Gasteiger partial charge in [-0.15, -0.1) is 0 Å². The highest BCUT2D eigenvalue weighted by Gasteiger charge is 2.41. The van der Waals surface area contributed by atoms with Gasteiger partial charge in [0.15, 0.2) is 28.7 Å². The number of hydrogen-bond acceptors (Lipinski definition) is 13. The molecule has 426 valence electrons. The minimum atomic E-state index is -2.60. The first-order chi connectivity index (χ1) is 35.2. The van der Waals surface area contributed by atoms with Crippen LogP contribution in [0.5, 0.6) is 0 Å². The van der Waals surface area contributed by atoms with Crippen LogP contribution in [-0.4, -0.2) is 142 Å². The van der Waals surface area contributed by atoms with Crippen molar-refractivity contribution >= 4 is 9.84 Å². The predicted molar refractivity (Wildman–Crippen MR) is 285 cm³/mol. The first kappa shape index (κ1) is 60.2. The standard InChI is InChI=1S/C10H18O2.2C8H14O2.2C8H14O.C7H12O2.C5H10O2S.C5H10O/c1-8-4-6-12-10(7-8)9-3-2-5-11-9;1-6-2-4-9-8-7(6)3-5-10-8;1-6-5-10-8-7(6)3-2-4-9-8;2*1-6-4-7-2-3-9-8(7)5-6;1-5-4-9-7-6(5)2-3-8-7;1-5-2-3-8(6,7)4-5;1-5-2-3-6-4-5/h8-10H,2-7H2,1H3;2*6-8H,2-5H2,1H3;2*6-8H,2-5H2,1H3;5-7H,2-4H2,1H3;5H,2-4H2,1H3;5H,2-4H2,1H3/t8-,9-,10+;6-,7?,8-;6-,7+,8-;6-,7?,8?;6-,7+,8-;5-,6?,7+;2*5-/m00001000/s1. The van der Waals surface area contributed by atoms with Crippen LogP contribution in [0.1, 0.15) is 165 Å². The molecule has 0 aromatic carbocycles. The maximum absolute atomic E-state index is 10.6. The monoisotopic (exact) mass is 1050 g/mol. The molecule has 0 N–H and O–H groups in total. The lowest BCUT2D eigenvalue weighted by atomic mass is 9.88. The molecule has 0 radical (unpaired) electrons. The summed E-state index contributed by atoms with van der Waals surface area (Å²) < 4.78 is 81.2. The molecule has 0 spiro atoms. The van der Waals surface area contributed by atoms with E-state index in [0.29, 0.717) is 65.5 Å². The molecule has 12 saturated heterocycles. The van der Waals surface area contributed by atoms with E-state index >= 15 is 0 Å². The minimum absolute atomic E-state index is 0.142. The van der Waals surface area contributed by atoms with Crippen LogP contribution >= 0.6 is 0 Å². The van der Waals surface area contributed by atoms with Crippen molar-refractivity contribution in [3.8, 4) is 0 Å². The summed E-state index contributed by atoms with van der Waals surface area (Å²) >= 11 is 0. The second kappa shape index (κ2) is 30.8. The second-order valence-corrected chi connectivity index (χ2v) is 27.6. The van der Waals surface area contributed by atoms with Crippen molar-refractivity contribution in [1.82, 2.24) is 0 Å². The Morgan fingerprint density at radius 3 is 1.25 bits per heavy atom. The third kappa shape index (κ3) is 19.4. The zero-order valence-corrected chi connectivity index (χ0v) is 48.0. The third-order valence-electron chi connectivity index (χ3n) is 18.5. The summed E-state index contributed by atoms with van der Waals surface area (Å²) in [4.78, 5) is 0. The van der Waals surface area contributed by atoms with Crippen LogP contribution in [0.2, 0.25) is 0 Å². The summed E-state index contributed by atoms with van der Waals surface area (Å²) in [5.74, 6) is 10.9. The average molecular weight is 1060 g/mol.